The van der Waals surface area contributed by atoms with Crippen LogP contribution >= 0.6 is 44.4 Å². The molecule has 1 unspecified atom stereocenters. The Kier molecular flexibility index (Phi) is 5.74. The standard InChI is InChI=1S/C8H9BrIO2P/c9-8-3-6(5-12-13-10)1-2-7(8)4-11/h1-3,11,13H,4-5H2. The van der Waals surface area contributed by atoms with Crippen LogP contribution in [0.5, 0.6) is 0 Å². The zero-order valence-corrected chi connectivity index (χ0v) is 11.5. The Morgan fingerprint density at radius 1 is 1.54 bits per heavy atom. The summed E-state index contributed by atoms with van der Waals surface area (Å²) >= 11 is 5.57. The number of aliphatic hydroxyl groups excluding tert-OH is 1. The van der Waals surface area contributed by atoms with Crippen LogP contribution in [0.15, 0.2) is 22.7 Å². The lowest BCUT2D eigenvalue weighted by atomic mass is 10.1. The fourth-order valence-corrected chi connectivity index (χ4v) is 2.16. The predicted octanol–water partition coefficient (Wildman–Crippen LogP) is 3.40. The predicted molar refractivity (Wildman–Crippen MR) is 67.2 cm³/mol. The molecule has 0 spiro atoms. The van der Waals surface area contributed by atoms with Crippen molar-refractivity contribution in [2.24, 2.45) is 0 Å². The number of rotatable bonds is 4. The molecule has 1 aromatic carbocycles. The minimum Gasteiger partial charge on any atom is -0.392 e. The topological polar surface area (TPSA) is 29.5 Å². The number of benzene rings is 1. The van der Waals surface area contributed by atoms with E-state index in [2.05, 4.69) is 38.0 Å². The number of hydrogen-bond acceptors (Lipinski definition) is 2. The Bertz CT molecular complexity index is 283. The largest absolute Gasteiger partial charge is 0.392 e. The molecule has 13 heavy (non-hydrogen) atoms. The zero-order valence-electron chi connectivity index (χ0n) is 6.76. The molecule has 0 bridgehead atoms. The van der Waals surface area contributed by atoms with E-state index in [9.17, 15) is 0 Å². The monoisotopic (exact) mass is 374 g/mol. The van der Waals surface area contributed by atoms with Gasteiger partial charge in [-0.3, -0.25) is 0 Å². The molecule has 0 aliphatic carbocycles. The summed E-state index contributed by atoms with van der Waals surface area (Å²) in [4.78, 5) is 0. The quantitative estimate of drug-likeness (QED) is 0.646. The first-order chi connectivity index (χ1) is 6.27. The van der Waals surface area contributed by atoms with Crippen LogP contribution in [0, 0.1) is 0 Å². The second kappa shape index (κ2) is 6.30. The van der Waals surface area contributed by atoms with Crippen molar-refractivity contribution in [2.75, 3.05) is 0 Å². The summed E-state index contributed by atoms with van der Waals surface area (Å²) in [5.41, 5.74) is 2.02. The molecule has 0 aromatic heterocycles. The summed E-state index contributed by atoms with van der Waals surface area (Å²) < 4.78 is 6.22. The fourth-order valence-electron chi connectivity index (χ4n) is 0.919. The molecule has 0 radical (unpaired) electrons. The minimum absolute atomic E-state index is 0.0652. The minimum atomic E-state index is 0.0652. The van der Waals surface area contributed by atoms with Crippen LogP contribution in [0.1, 0.15) is 11.1 Å². The fraction of sp³-hybridized carbons (Fsp3) is 0.250. The van der Waals surface area contributed by atoms with Crippen LogP contribution in [-0.2, 0) is 17.7 Å². The lowest BCUT2D eigenvalue weighted by Gasteiger charge is -2.04. The Labute approximate surface area is 101 Å². The maximum atomic E-state index is 8.92. The third kappa shape index (κ3) is 3.80. The second-order valence-corrected chi connectivity index (χ2v) is 5.07. The van der Waals surface area contributed by atoms with Crippen LogP contribution in [0.2, 0.25) is 0 Å². The molecule has 1 N–H and O–H groups in total. The molecule has 1 rings (SSSR count). The number of halogens is 2. The average molecular weight is 375 g/mol. The molecule has 1 aromatic rings. The van der Waals surface area contributed by atoms with Gasteiger partial charge in [-0.05, 0) is 39.2 Å². The Morgan fingerprint density at radius 3 is 2.85 bits per heavy atom. The van der Waals surface area contributed by atoms with Gasteiger partial charge < -0.3 is 9.63 Å². The molecule has 0 saturated heterocycles. The molecule has 2 nitrogen and oxygen atoms in total. The van der Waals surface area contributed by atoms with Crippen molar-refractivity contribution in [3.63, 3.8) is 0 Å². The van der Waals surface area contributed by atoms with Crippen LogP contribution in [-0.4, -0.2) is 5.11 Å². The normalized spacial score (nSPS) is 11.3. The van der Waals surface area contributed by atoms with Gasteiger partial charge in [-0.25, -0.2) is 0 Å². The van der Waals surface area contributed by atoms with Crippen molar-refractivity contribution in [1.82, 2.24) is 0 Å². The highest BCUT2D eigenvalue weighted by molar-refractivity contribution is 14.2. The molecular formula is C8H9BrIO2P. The highest BCUT2D eigenvalue weighted by atomic mass is 127. The molecule has 72 valence electrons. The first kappa shape index (κ1) is 11.9. The van der Waals surface area contributed by atoms with Crippen LogP contribution in [0.4, 0.5) is 0 Å². The van der Waals surface area contributed by atoms with Gasteiger partial charge in [-0.2, -0.15) is 0 Å². The van der Waals surface area contributed by atoms with Crippen molar-refractivity contribution in [3.05, 3.63) is 33.8 Å². The van der Waals surface area contributed by atoms with Gasteiger partial charge >= 0.3 is 0 Å². The number of hydrogen-bond donors (Lipinski definition) is 1. The van der Waals surface area contributed by atoms with E-state index in [0.29, 0.717) is 13.1 Å². The SMILES string of the molecule is OCc1ccc(COPI)cc1Br. The molecule has 0 amide bonds. The molecule has 0 aliphatic rings. The van der Waals surface area contributed by atoms with Gasteiger partial charge in [0.1, 0.15) is 0 Å². The van der Waals surface area contributed by atoms with Crippen molar-refractivity contribution in [1.29, 1.82) is 0 Å². The van der Waals surface area contributed by atoms with E-state index in [1.165, 1.54) is 0 Å². The van der Waals surface area contributed by atoms with Gasteiger partial charge in [-0.15, -0.1) is 0 Å². The van der Waals surface area contributed by atoms with E-state index in [1.54, 1.807) is 0 Å². The maximum Gasteiger partial charge on any atom is 0.0798 e. The lowest BCUT2D eigenvalue weighted by molar-refractivity contribution is 0.281. The molecule has 5 heteroatoms. The van der Waals surface area contributed by atoms with E-state index in [4.69, 9.17) is 9.63 Å². The summed E-state index contributed by atoms with van der Waals surface area (Å²) in [5, 5.41) is 8.92. The molecular weight excluding hydrogens is 366 g/mol. The summed E-state index contributed by atoms with van der Waals surface area (Å²) in [7, 11) is 0. The Balaban J connectivity index is 2.71. The first-order valence-electron chi connectivity index (χ1n) is 3.63. The van der Waals surface area contributed by atoms with Gasteiger partial charge in [0.25, 0.3) is 0 Å². The summed E-state index contributed by atoms with van der Waals surface area (Å²) in [6, 6.07) is 5.84. The molecule has 0 aliphatic heterocycles. The highest BCUT2D eigenvalue weighted by Crippen LogP contribution is 2.25. The van der Waals surface area contributed by atoms with Crippen LogP contribution in [0.25, 0.3) is 0 Å². The van der Waals surface area contributed by atoms with Gasteiger partial charge in [0.05, 0.1) is 19.7 Å². The van der Waals surface area contributed by atoms with Crippen molar-refractivity contribution in [2.45, 2.75) is 13.2 Å². The molecule has 0 saturated carbocycles. The van der Waals surface area contributed by atoms with E-state index in [1.807, 2.05) is 18.2 Å². The van der Waals surface area contributed by atoms with E-state index >= 15 is 0 Å². The summed E-state index contributed by atoms with van der Waals surface area (Å²) in [5.74, 6) is 0. The van der Waals surface area contributed by atoms with E-state index < -0.39 is 0 Å². The number of aliphatic hydroxyl groups is 1. The maximum absolute atomic E-state index is 8.92. The van der Waals surface area contributed by atoms with Gasteiger partial charge in [0, 0.05) is 4.47 Å². The van der Waals surface area contributed by atoms with E-state index in [0.717, 1.165) is 15.6 Å². The average Bonchev–Trinajstić information content (AvgIpc) is 2.15. The molecule has 0 heterocycles. The summed E-state index contributed by atoms with van der Waals surface area (Å²) in [6.07, 6.45) is 0. The highest BCUT2D eigenvalue weighted by Gasteiger charge is 2.00. The summed E-state index contributed by atoms with van der Waals surface area (Å²) in [6.45, 7) is 1.18. The van der Waals surface area contributed by atoms with Crippen molar-refractivity contribution >= 4 is 44.4 Å². The first-order valence-corrected chi connectivity index (χ1v) is 8.45. The molecule has 0 fully saturated rings. The van der Waals surface area contributed by atoms with E-state index in [-0.39, 0.29) is 6.61 Å². The van der Waals surface area contributed by atoms with Crippen LogP contribution < -0.4 is 0 Å². The Morgan fingerprint density at radius 2 is 2.31 bits per heavy atom. The van der Waals surface area contributed by atoms with Gasteiger partial charge in [0.2, 0.25) is 0 Å². The third-order valence-corrected chi connectivity index (χ3v) is 3.51. The smallest absolute Gasteiger partial charge is 0.0798 e. The van der Waals surface area contributed by atoms with Crippen molar-refractivity contribution < 1.29 is 9.63 Å². The van der Waals surface area contributed by atoms with Gasteiger partial charge in [-0.1, -0.05) is 28.1 Å². The zero-order chi connectivity index (χ0) is 9.68. The molecule has 1 atom stereocenters. The second-order valence-electron chi connectivity index (χ2n) is 2.45. The van der Waals surface area contributed by atoms with Crippen molar-refractivity contribution in [3.8, 4) is 0 Å². The third-order valence-electron chi connectivity index (χ3n) is 1.58. The van der Waals surface area contributed by atoms with Crippen LogP contribution in [0.3, 0.4) is 0 Å². The lowest BCUT2D eigenvalue weighted by Crippen LogP contribution is -1.89. The van der Waals surface area contributed by atoms with Gasteiger partial charge in [0.15, 0.2) is 0 Å². The Hall–Kier alpha value is 0.780.